The standard InChI is InChI=1S/C22H19ClO8S/c1-13-8-19-16(11-17(13)23)14(9-22(25)31-19)12-30-21(24)4-7-32(26,27)15-2-3-18-20(10-15)29-6-5-28-18/h2-3,8-11H,4-7,12H2,1H3. The maximum atomic E-state index is 12.6. The van der Waals surface area contributed by atoms with Crippen molar-refractivity contribution in [1.82, 2.24) is 0 Å². The van der Waals surface area contributed by atoms with Gasteiger partial charge in [-0.05, 0) is 36.8 Å². The summed E-state index contributed by atoms with van der Waals surface area (Å²) < 4.78 is 46.4. The molecule has 0 N–H and O–H groups in total. The number of ether oxygens (including phenoxy) is 3. The van der Waals surface area contributed by atoms with E-state index in [1.54, 1.807) is 19.1 Å². The number of fused-ring (bicyclic) bond motifs is 2. The first-order chi connectivity index (χ1) is 15.2. The molecule has 0 unspecified atom stereocenters. The lowest BCUT2D eigenvalue weighted by Crippen LogP contribution is -2.17. The zero-order valence-electron chi connectivity index (χ0n) is 17.1. The molecule has 2 aromatic carbocycles. The van der Waals surface area contributed by atoms with E-state index in [1.165, 1.54) is 24.3 Å². The van der Waals surface area contributed by atoms with Crippen LogP contribution in [-0.2, 0) is 26.0 Å². The van der Waals surface area contributed by atoms with Crippen LogP contribution in [0, 0.1) is 6.92 Å². The minimum atomic E-state index is -3.74. The summed E-state index contributed by atoms with van der Waals surface area (Å²) in [7, 11) is -3.74. The summed E-state index contributed by atoms with van der Waals surface area (Å²) in [4.78, 5) is 24.1. The maximum Gasteiger partial charge on any atom is 0.336 e. The zero-order chi connectivity index (χ0) is 22.9. The van der Waals surface area contributed by atoms with Gasteiger partial charge in [0.1, 0.15) is 25.4 Å². The highest BCUT2D eigenvalue weighted by atomic mass is 35.5. The van der Waals surface area contributed by atoms with Crippen LogP contribution in [0.1, 0.15) is 17.5 Å². The zero-order valence-corrected chi connectivity index (χ0v) is 18.6. The van der Waals surface area contributed by atoms with Crippen molar-refractivity contribution in [3.63, 3.8) is 0 Å². The third-order valence-electron chi connectivity index (χ3n) is 4.95. The van der Waals surface area contributed by atoms with Gasteiger partial charge in [0, 0.05) is 28.1 Å². The molecule has 3 aromatic rings. The van der Waals surface area contributed by atoms with E-state index in [-0.39, 0.29) is 17.9 Å². The Balaban J connectivity index is 1.42. The summed E-state index contributed by atoms with van der Waals surface area (Å²) in [5.41, 5.74) is 0.889. The minimum absolute atomic E-state index is 0.0335. The first-order valence-electron chi connectivity index (χ1n) is 9.74. The SMILES string of the molecule is Cc1cc2oc(=O)cc(COC(=O)CCS(=O)(=O)c3ccc4c(c3)OCCO4)c2cc1Cl. The quantitative estimate of drug-likeness (QED) is 0.391. The first-order valence-corrected chi connectivity index (χ1v) is 11.8. The van der Waals surface area contributed by atoms with Gasteiger partial charge in [0.05, 0.1) is 17.1 Å². The lowest BCUT2D eigenvalue weighted by atomic mass is 10.1. The molecule has 1 aliphatic heterocycles. The Morgan fingerprint density at radius 2 is 1.84 bits per heavy atom. The number of carbonyl (C=O) groups excluding carboxylic acids is 1. The fourth-order valence-corrected chi connectivity index (χ4v) is 4.65. The predicted octanol–water partition coefficient (Wildman–Crippen LogP) is 3.43. The molecule has 0 radical (unpaired) electrons. The highest BCUT2D eigenvalue weighted by Crippen LogP contribution is 2.32. The lowest BCUT2D eigenvalue weighted by Gasteiger charge is -2.18. The molecular weight excluding hydrogens is 460 g/mol. The van der Waals surface area contributed by atoms with Crippen LogP contribution in [0.4, 0.5) is 0 Å². The topological polar surface area (TPSA) is 109 Å². The fourth-order valence-electron chi connectivity index (χ4n) is 3.25. The van der Waals surface area contributed by atoms with Crippen LogP contribution in [0.5, 0.6) is 11.5 Å². The molecule has 0 atom stereocenters. The Kier molecular flexibility index (Phi) is 6.12. The van der Waals surface area contributed by atoms with Gasteiger partial charge in [-0.3, -0.25) is 4.79 Å². The van der Waals surface area contributed by atoms with E-state index in [2.05, 4.69) is 0 Å². The van der Waals surface area contributed by atoms with Crippen molar-refractivity contribution in [3.05, 3.63) is 63.0 Å². The Morgan fingerprint density at radius 1 is 1.09 bits per heavy atom. The molecule has 1 aromatic heterocycles. The molecular formula is C22H19ClO8S. The van der Waals surface area contributed by atoms with E-state index in [9.17, 15) is 18.0 Å². The summed E-state index contributed by atoms with van der Waals surface area (Å²) in [6.07, 6.45) is -0.351. The highest BCUT2D eigenvalue weighted by molar-refractivity contribution is 7.91. The molecule has 1 aliphatic rings. The molecule has 2 heterocycles. The first kappa shape index (κ1) is 22.2. The summed E-state index contributed by atoms with van der Waals surface area (Å²) in [6, 6.07) is 8.80. The van der Waals surface area contributed by atoms with E-state index < -0.39 is 27.2 Å². The molecule has 0 amide bonds. The van der Waals surface area contributed by atoms with Gasteiger partial charge in [-0.2, -0.15) is 0 Å². The van der Waals surface area contributed by atoms with Crippen molar-refractivity contribution in [3.8, 4) is 11.5 Å². The van der Waals surface area contributed by atoms with Crippen molar-refractivity contribution >= 4 is 38.4 Å². The number of carbonyl (C=O) groups is 1. The Hall–Kier alpha value is -3.04. The summed E-state index contributed by atoms with van der Waals surface area (Å²) in [5, 5.41) is 1.02. The maximum absolute atomic E-state index is 12.6. The number of benzene rings is 2. The third-order valence-corrected chi connectivity index (χ3v) is 7.07. The number of rotatable bonds is 6. The van der Waals surface area contributed by atoms with Crippen LogP contribution in [-0.4, -0.2) is 33.4 Å². The molecule has 4 rings (SSSR count). The Bertz CT molecular complexity index is 1360. The molecule has 0 saturated heterocycles. The molecule has 32 heavy (non-hydrogen) atoms. The second kappa shape index (κ2) is 8.84. The van der Waals surface area contributed by atoms with Crippen molar-refractivity contribution < 1.29 is 31.8 Å². The van der Waals surface area contributed by atoms with E-state index >= 15 is 0 Å². The van der Waals surface area contributed by atoms with Gasteiger partial charge in [-0.15, -0.1) is 0 Å². The fraction of sp³-hybridized carbons (Fsp3) is 0.273. The van der Waals surface area contributed by atoms with Crippen LogP contribution >= 0.6 is 11.6 Å². The van der Waals surface area contributed by atoms with Crippen LogP contribution in [0.2, 0.25) is 5.02 Å². The van der Waals surface area contributed by atoms with Gasteiger partial charge in [0.15, 0.2) is 21.3 Å². The van der Waals surface area contributed by atoms with Crippen molar-refractivity contribution in [1.29, 1.82) is 0 Å². The van der Waals surface area contributed by atoms with Crippen LogP contribution in [0.25, 0.3) is 11.0 Å². The van der Waals surface area contributed by atoms with Crippen LogP contribution in [0.15, 0.2) is 50.5 Å². The molecule has 8 nitrogen and oxygen atoms in total. The van der Waals surface area contributed by atoms with Gasteiger partial charge in [0.25, 0.3) is 0 Å². The number of hydrogen-bond donors (Lipinski definition) is 0. The average molecular weight is 479 g/mol. The number of hydrogen-bond acceptors (Lipinski definition) is 8. The van der Waals surface area contributed by atoms with Gasteiger partial charge < -0.3 is 18.6 Å². The van der Waals surface area contributed by atoms with Gasteiger partial charge in [-0.1, -0.05) is 11.6 Å². The highest BCUT2D eigenvalue weighted by Gasteiger charge is 2.21. The average Bonchev–Trinajstić information content (AvgIpc) is 2.77. The number of aryl methyl sites for hydroxylation is 1. The monoisotopic (exact) mass is 478 g/mol. The van der Waals surface area contributed by atoms with E-state index in [0.717, 1.165) is 5.56 Å². The summed E-state index contributed by atoms with van der Waals surface area (Å²) in [6.45, 7) is 2.29. The molecule has 0 fully saturated rings. The van der Waals surface area contributed by atoms with Crippen LogP contribution in [0.3, 0.4) is 0 Å². The third kappa shape index (κ3) is 4.73. The number of halogens is 1. The van der Waals surface area contributed by atoms with Gasteiger partial charge in [0.2, 0.25) is 0 Å². The molecule has 0 spiro atoms. The second-order valence-electron chi connectivity index (χ2n) is 7.22. The molecule has 168 valence electrons. The predicted molar refractivity (Wildman–Crippen MR) is 116 cm³/mol. The van der Waals surface area contributed by atoms with Gasteiger partial charge >= 0.3 is 11.6 Å². The van der Waals surface area contributed by atoms with E-state index in [1.807, 2.05) is 0 Å². The molecule has 0 saturated carbocycles. The Morgan fingerprint density at radius 3 is 2.62 bits per heavy atom. The van der Waals surface area contributed by atoms with Gasteiger partial charge in [-0.25, -0.2) is 13.2 Å². The normalized spacial score (nSPS) is 13.2. The van der Waals surface area contributed by atoms with Crippen molar-refractivity contribution in [2.45, 2.75) is 24.8 Å². The lowest BCUT2D eigenvalue weighted by molar-refractivity contribution is -0.144. The van der Waals surface area contributed by atoms with Crippen LogP contribution < -0.4 is 15.1 Å². The second-order valence-corrected chi connectivity index (χ2v) is 9.74. The van der Waals surface area contributed by atoms with Crippen molar-refractivity contribution in [2.24, 2.45) is 0 Å². The molecule has 0 bridgehead atoms. The number of sulfone groups is 1. The van der Waals surface area contributed by atoms with E-state index in [0.29, 0.717) is 46.3 Å². The summed E-state index contributed by atoms with van der Waals surface area (Å²) >= 11 is 6.15. The Labute approximate surface area is 188 Å². The molecule has 10 heteroatoms. The number of esters is 1. The largest absolute Gasteiger partial charge is 0.486 e. The smallest absolute Gasteiger partial charge is 0.336 e. The van der Waals surface area contributed by atoms with E-state index in [4.69, 9.17) is 30.2 Å². The minimum Gasteiger partial charge on any atom is -0.486 e. The molecule has 0 aliphatic carbocycles. The summed E-state index contributed by atoms with van der Waals surface area (Å²) in [5.74, 6) is -0.326. The van der Waals surface area contributed by atoms with Crippen molar-refractivity contribution in [2.75, 3.05) is 19.0 Å².